The number of unbranched alkanes of at least 4 members (excludes halogenated alkanes) is 2. The Morgan fingerprint density at radius 3 is 1.40 bits per heavy atom. The van der Waals surface area contributed by atoms with Crippen LogP contribution in [0.1, 0.15) is 61.8 Å². The zero-order chi connectivity index (χ0) is 23.8. The fourth-order valence-corrected chi connectivity index (χ4v) is 18.2. The molecule has 4 aromatic carbocycles. The molecule has 175 valence electrons. The molecule has 0 nitrogen and oxygen atoms in total. The van der Waals surface area contributed by atoms with Gasteiger partial charge in [0.25, 0.3) is 0 Å². The van der Waals surface area contributed by atoms with Crippen molar-refractivity contribution in [1.29, 1.82) is 0 Å². The van der Waals surface area contributed by atoms with E-state index in [1.54, 1.807) is 17.8 Å². The normalized spacial score (nSPS) is 13.3. The molecule has 4 aromatic rings. The van der Waals surface area contributed by atoms with Gasteiger partial charge >= 0.3 is 217 Å². The van der Waals surface area contributed by atoms with Crippen LogP contribution in [0.4, 0.5) is 0 Å². The molecule has 0 fully saturated rings. The molecule has 0 aliphatic heterocycles. The summed E-state index contributed by atoms with van der Waals surface area (Å²) in [4.78, 5) is 0. The number of fused-ring (bicyclic) bond motifs is 6. The van der Waals surface area contributed by atoms with Crippen molar-refractivity contribution in [2.24, 2.45) is 0 Å². The summed E-state index contributed by atoms with van der Waals surface area (Å²) in [6, 6.07) is 33.0. The quantitative estimate of drug-likeness (QED) is 0.201. The van der Waals surface area contributed by atoms with Gasteiger partial charge in [0, 0.05) is 0 Å². The molecule has 2 aliphatic rings. The van der Waals surface area contributed by atoms with Crippen LogP contribution < -0.4 is 6.64 Å². The third kappa shape index (κ3) is 3.82. The van der Waals surface area contributed by atoms with Gasteiger partial charge in [-0.15, -0.1) is 0 Å². The minimum absolute atomic E-state index is 1.12. The van der Waals surface area contributed by atoms with Crippen molar-refractivity contribution in [3.63, 3.8) is 0 Å². The molecule has 6 rings (SSSR count). The summed E-state index contributed by atoms with van der Waals surface area (Å²) in [5.41, 5.74) is 12.3. The van der Waals surface area contributed by atoms with Crippen LogP contribution in [0.25, 0.3) is 22.3 Å². The second kappa shape index (κ2) is 9.66. The van der Waals surface area contributed by atoms with Crippen LogP contribution in [0.5, 0.6) is 0 Å². The van der Waals surface area contributed by atoms with Crippen LogP contribution in [0.15, 0.2) is 84.9 Å². The molecular weight excluding hydrogens is 453 g/mol. The van der Waals surface area contributed by atoms with Gasteiger partial charge in [0.15, 0.2) is 0 Å². The molecule has 0 bridgehead atoms. The summed E-state index contributed by atoms with van der Waals surface area (Å²) in [5.74, 6) is 0. The predicted octanol–water partition coefficient (Wildman–Crippen LogP) is 8.37. The third-order valence-corrected chi connectivity index (χ3v) is 18.8. The molecule has 0 saturated heterocycles. The second-order valence-electron chi connectivity index (χ2n) is 10.9. The molecule has 35 heavy (non-hydrogen) atoms. The maximum absolute atomic E-state index is 2.93. The van der Waals surface area contributed by atoms with Gasteiger partial charge in [-0.2, -0.15) is 0 Å². The van der Waals surface area contributed by atoms with Crippen LogP contribution in [0.3, 0.4) is 0 Å². The summed E-state index contributed by atoms with van der Waals surface area (Å²) in [7, 11) is 0. The van der Waals surface area contributed by atoms with Crippen LogP contribution in [-0.4, -0.2) is 0 Å². The summed E-state index contributed by atoms with van der Waals surface area (Å²) < 4.78 is 6.45. The van der Waals surface area contributed by atoms with Gasteiger partial charge in [-0.1, -0.05) is 0 Å². The van der Waals surface area contributed by atoms with E-state index < -0.39 is 20.0 Å². The molecule has 0 atom stereocenters. The van der Waals surface area contributed by atoms with Gasteiger partial charge in [-0.05, 0) is 0 Å². The summed E-state index contributed by atoms with van der Waals surface area (Å²) >= 11 is -2.93. The Bertz CT molecular complexity index is 1270. The number of hydrogen-bond acceptors (Lipinski definition) is 0. The van der Waals surface area contributed by atoms with E-state index >= 15 is 0 Å². The number of rotatable bonds is 8. The van der Waals surface area contributed by atoms with E-state index in [1.807, 2.05) is 0 Å². The zero-order valence-electron chi connectivity index (χ0n) is 21.3. The topological polar surface area (TPSA) is 0 Å². The van der Waals surface area contributed by atoms with E-state index in [0.29, 0.717) is 0 Å². The van der Waals surface area contributed by atoms with Gasteiger partial charge in [-0.3, -0.25) is 0 Å². The molecule has 0 N–H and O–H groups in total. The van der Waals surface area contributed by atoms with Crippen molar-refractivity contribution in [1.82, 2.24) is 0 Å². The molecule has 0 spiro atoms. The molecule has 0 radical (unpaired) electrons. The average molecular weight is 490 g/mol. The van der Waals surface area contributed by atoms with Crippen molar-refractivity contribution in [2.45, 2.75) is 60.7 Å². The Morgan fingerprint density at radius 2 is 0.943 bits per heavy atom. The predicted molar refractivity (Wildman–Crippen MR) is 148 cm³/mol. The molecule has 2 aliphatic carbocycles. The van der Waals surface area contributed by atoms with E-state index in [0.717, 1.165) is 12.8 Å². The number of hydrogen-bond donors (Lipinski definition) is 0. The van der Waals surface area contributed by atoms with Crippen LogP contribution >= 0.6 is 0 Å². The van der Waals surface area contributed by atoms with E-state index in [4.69, 9.17) is 0 Å². The van der Waals surface area contributed by atoms with E-state index in [1.165, 1.54) is 67.4 Å². The molecule has 0 aromatic heterocycles. The standard InChI is InChI=1S/2C13H9.2C4H9.Sc/c2*1-3-7-12-10(5-1)9-11-6-2-4-8-13(11)12;2*1-3-4-2;/h2*1-5,7-8H,9H2;2*1,3-4H2,2H3;. The second-order valence-corrected chi connectivity index (χ2v) is 18.6. The Kier molecular flexibility index (Phi) is 6.39. The molecule has 0 unspecified atom stereocenters. The fraction of sp³-hybridized carbons (Fsp3) is 0.294. The van der Waals surface area contributed by atoms with E-state index in [-0.39, 0.29) is 0 Å². The van der Waals surface area contributed by atoms with Crippen molar-refractivity contribution in [2.75, 3.05) is 0 Å². The van der Waals surface area contributed by atoms with E-state index in [2.05, 4.69) is 98.8 Å². The van der Waals surface area contributed by atoms with Gasteiger partial charge in [0.1, 0.15) is 0 Å². The molecular formula is C34H36Sc. The maximum atomic E-state index is 2.57. The van der Waals surface area contributed by atoms with Gasteiger partial charge in [-0.25, -0.2) is 0 Å². The van der Waals surface area contributed by atoms with Crippen molar-refractivity contribution in [3.8, 4) is 22.3 Å². The SMILES string of the molecule is CCC[CH2][Sc]([CH2]CCC)([c]1cccc2c1Cc1ccccc1-2)[c]1cccc2c1Cc1ccccc1-2. The van der Waals surface area contributed by atoms with E-state index in [9.17, 15) is 0 Å². The summed E-state index contributed by atoms with van der Waals surface area (Å²) in [5, 5.41) is 0. The third-order valence-electron chi connectivity index (χ3n) is 9.07. The van der Waals surface area contributed by atoms with Crippen molar-refractivity contribution >= 4 is 6.64 Å². The molecule has 1 heteroatoms. The minimum atomic E-state index is -2.93. The monoisotopic (exact) mass is 489 g/mol. The van der Waals surface area contributed by atoms with Gasteiger partial charge in [0.2, 0.25) is 0 Å². The van der Waals surface area contributed by atoms with Gasteiger partial charge in [0.05, 0.1) is 0 Å². The first-order chi connectivity index (χ1) is 17.3. The zero-order valence-corrected chi connectivity index (χ0v) is 23.1. The fourth-order valence-electron chi connectivity index (χ4n) is 7.44. The van der Waals surface area contributed by atoms with Crippen molar-refractivity contribution < 1.29 is 20.0 Å². The van der Waals surface area contributed by atoms with Crippen molar-refractivity contribution in [3.05, 3.63) is 107 Å². The Balaban J connectivity index is 1.59. The first-order valence-electron chi connectivity index (χ1n) is 13.9. The number of benzene rings is 4. The molecule has 0 heterocycles. The first-order valence-corrected chi connectivity index (χ1v) is 18.2. The first kappa shape index (κ1) is 23.2. The summed E-state index contributed by atoms with van der Waals surface area (Å²) in [6.07, 6.45) is 7.51. The Morgan fingerprint density at radius 1 is 0.514 bits per heavy atom. The van der Waals surface area contributed by atoms with Crippen LogP contribution in [-0.2, 0) is 32.8 Å². The van der Waals surface area contributed by atoms with Gasteiger partial charge < -0.3 is 0 Å². The Hall–Kier alpha value is -2.25. The molecule has 0 amide bonds. The average Bonchev–Trinajstić information content (AvgIpc) is 3.48. The molecule has 0 saturated carbocycles. The summed E-state index contributed by atoms with van der Waals surface area (Å²) in [6.45, 7) is 4.76. The Labute approximate surface area is 215 Å². The van der Waals surface area contributed by atoms with Crippen LogP contribution in [0.2, 0.25) is 8.35 Å². The van der Waals surface area contributed by atoms with Crippen LogP contribution in [0, 0.1) is 0 Å².